The number of phosphoric acid groups is 1. The molecule has 252 valence electrons. The minimum Gasteiger partial charge on any atom is -0.484 e. The summed E-state index contributed by atoms with van der Waals surface area (Å²) >= 11 is 11.4. The van der Waals surface area contributed by atoms with E-state index < -0.39 is 67.8 Å². The number of phosphoric ester groups is 1. The number of amides is 2. The van der Waals surface area contributed by atoms with Crippen LogP contribution in [0.5, 0.6) is 11.5 Å². The van der Waals surface area contributed by atoms with Gasteiger partial charge in [-0.15, -0.1) is 0 Å². The van der Waals surface area contributed by atoms with Crippen LogP contribution >= 0.6 is 31.0 Å². The van der Waals surface area contributed by atoms with E-state index in [1.165, 1.54) is 24.3 Å². The molecule has 0 spiro atoms. The maximum Gasteiger partial charge on any atom is 0.508 e. The Morgan fingerprint density at radius 3 is 1.93 bits per heavy atom. The van der Waals surface area contributed by atoms with Gasteiger partial charge in [0.15, 0.2) is 13.2 Å². The van der Waals surface area contributed by atoms with E-state index in [4.69, 9.17) is 51.9 Å². The molecule has 3 fully saturated rings. The lowest BCUT2D eigenvalue weighted by Crippen LogP contribution is -2.71. The zero-order chi connectivity index (χ0) is 33.5. The molecular formula is C28H31Cl2F2N2O11P. The number of hydrogen-bond donors (Lipinski definition) is 4. The topological polar surface area (TPSA) is 179 Å². The Balaban J connectivity index is 1.39. The Labute approximate surface area is 272 Å². The van der Waals surface area contributed by atoms with Crippen LogP contribution in [0.25, 0.3) is 0 Å². The highest BCUT2D eigenvalue weighted by molar-refractivity contribution is 7.46. The normalized spacial score (nSPS) is 22.1. The first-order valence-electron chi connectivity index (χ1n) is 14.0. The number of rotatable bonds is 14. The minimum atomic E-state index is -4.68. The van der Waals surface area contributed by atoms with Crippen LogP contribution in [0.4, 0.5) is 13.6 Å². The van der Waals surface area contributed by atoms with Crippen molar-refractivity contribution in [3.63, 3.8) is 0 Å². The highest BCUT2D eigenvalue weighted by atomic mass is 35.5. The second-order valence-electron chi connectivity index (χ2n) is 10.8. The van der Waals surface area contributed by atoms with Gasteiger partial charge >= 0.3 is 14.0 Å². The van der Waals surface area contributed by atoms with Crippen LogP contribution in [-0.2, 0) is 28.2 Å². The summed E-state index contributed by atoms with van der Waals surface area (Å²) in [4.78, 5) is 56.0. The van der Waals surface area contributed by atoms with Crippen molar-refractivity contribution in [1.82, 2.24) is 10.6 Å². The standard InChI is InChI=1S/C28H31Cl2F2N2O11P/c29-19-4-2-17(12-21(19)31)42-15-24(35)33-27-6-8-28(9-7-27,34-25(36)16-43-18-3-5-20(30)22(32)13-18)23(14-27)45-26(37)41-10-1-11-44-46(38,39)40/h2-5,12-13,23H,1,6-11,14-16H2,(H,33,35)(H,34,36)(H2,38,39,40)/t23-,27?,28?/m1/s1. The molecule has 3 aliphatic rings. The second-order valence-corrected chi connectivity index (χ2v) is 12.9. The molecule has 5 rings (SSSR count). The number of hydrogen-bond acceptors (Lipinski definition) is 9. The van der Waals surface area contributed by atoms with Gasteiger partial charge in [-0.25, -0.2) is 18.1 Å². The Morgan fingerprint density at radius 2 is 1.41 bits per heavy atom. The van der Waals surface area contributed by atoms with Crippen LogP contribution in [0.2, 0.25) is 10.0 Å². The molecule has 2 amide bonds. The molecule has 2 bridgehead atoms. The molecule has 0 aliphatic heterocycles. The van der Waals surface area contributed by atoms with Crippen LogP contribution in [-0.4, -0.2) is 71.4 Å². The summed E-state index contributed by atoms with van der Waals surface area (Å²) < 4.78 is 64.1. The molecule has 2 aromatic carbocycles. The Hall–Kier alpha value is -3.20. The molecule has 0 radical (unpaired) electrons. The molecule has 3 saturated carbocycles. The highest BCUT2D eigenvalue weighted by Gasteiger charge is 2.57. The summed E-state index contributed by atoms with van der Waals surface area (Å²) in [7, 11) is -4.68. The van der Waals surface area contributed by atoms with Crippen LogP contribution < -0.4 is 20.1 Å². The SMILES string of the molecule is O=C(COc1ccc(Cl)c(F)c1)NC12CCC(NC(=O)COc3ccc(Cl)c(F)c3)(CC1)[C@H](OC(=O)OCCCOP(=O)(O)O)C2. The molecule has 13 nitrogen and oxygen atoms in total. The van der Waals surface area contributed by atoms with E-state index in [0.717, 1.165) is 12.1 Å². The van der Waals surface area contributed by atoms with Crippen molar-refractivity contribution in [1.29, 1.82) is 0 Å². The van der Waals surface area contributed by atoms with E-state index in [2.05, 4.69) is 15.2 Å². The number of fused-ring (bicyclic) bond motifs is 3. The number of ether oxygens (including phenoxy) is 4. The monoisotopic (exact) mass is 710 g/mol. The fraction of sp³-hybridized carbons (Fsp3) is 0.464. The average Bonchev–Trinajstić information content (AvgIpc) is 2.98. The molecule has 0 unspecified atom stereocenters. The van der Waals surface area contributed by atoms with Gasteiger partial charge in [0.05, 0.1) is 28.8 Å². The van der Waals surface area contributed by atoms with Gasteiger partial charge in [0.25, 0.3) is 11.8 Å². The number of carbonyl (C=O) groups excluding carboxylic acids is 3. The lowest BCUT2D eigenvalue weighted by Gasteiger charge is -2.56. The number of nitrogens with one attached hydrogen (secondary N) is 2. The first kappa shape index (κ1) is 35.7. The molecule has 4 N–H and O–H groups in total. The zero-order valence-electron chi connectivity index (χ0n) is 24.1. The average molecular weight is 711 g/mol. The molecule has 3 aliphatic carbocycles. The van der Waals surface area contributed by atoms with Crippen LogP contribution in [0, 0.1) is 11.6 Å². The number of benzene rings is 2. The van der Waals surface area contributed by atoms with Gasteiger partial charge in [-0.1, -0.05) is 23.2 Å². The first-order valence-corrected chi connectivity index (χ1v) is 16.3. The summed E-state index contributed by atoms with van der Waals surface area (Å²) in [5, 5.41) is 5.61. The van der Waals surface area contributed by atoms with Gasteiger partial charge in [-0.05, 0) is 49.9 Å². The second kappa shape index (κ2) is 15.1. The van der Waals surface area contributed by atoms with Crippen LogP contribution in [0.3, 0.4) is 0 Å². The largest absolute Gasteiger partial charge is 0.508 e. The summed E-state index contributed by atoms with van der Waals surface area (Å²) in [5.74, 6) is -2.34. The summed E-state index contributed by atoms with van der Waals surface area (Å²) in [6.45, 7) is -1.57. The summed E-state index contributed by atoms with van der Waals surface area (Å²) in [6.07, 6.45) is -0.667. The predicted octanol–water partition coefficient (Wildman–Crippen LogP) is 4.44. The molecule has 0 heterocycles. The lowest BCUT2D eigenvalue weighted by atomic mass is 9.59. The van der Waals surface area contributed by atoms with E-state index in [9.17, 15) is 27.7 Å². The fourth-order valence-electron chi connectivity index (χ4n) is 5.41. The van der Waals surface area contributed by atoms with Crippen molar-refractivity contribution in [3.8, 4) is 11.5 Å². The lowest BCUT2D eigenvalue weighted by molar-refractivity contribution is -0.139. The van der Waals surface area contributed by atoms with Gasteiger partial charge in [0, 0.05) is 30.5 Å². The Morgan fingerprint density at radius 1 is 0.870 bits per heavy atom. The van der Waals surface area contributed by atoms with Crippen LogP contribution in [0.15, 0.2) is 36.4 Å². The third kappa shape index (κ3) is 9.90. The smallest absolute Gasteiger partial charge is 0.484 e. The molecule has 1 atom stereocenters. The first-order chi connectivity index (χ1) is 21.7. The molecule has 0 saturated heterocycles. The van der Waals surface area contributed by atoms with Gasteiger partial charge in [-0.3, -0.25) is 14.1 Å². The molecule has 18 heteroatoms. The van der Waals surface area contributed by atoms with Crippen molar-refractivity contribution in [2.24, 2.45) is 0 Å². The minimum absolute atomic E-state index is 0.0348. The van der Waals surface area contributed by atoms with Crippen molar-refractivity contribution in [3.05, 3.63) is 58.1 Å². The third-order valence-electron chi connectivity index (χ3n) is 7.61. The van der Waals surface area contributed by atoms with E-state index >= 15 is 0 Å². The van der Waals surface area contributed by atoms with Gasteiger partial charge in [0.1, 0.15) is 29.2 Å². The molecule has 0 aromatic heterocycles. The predicted molar refractivity (Wildman–Crippen MR) is 157 cm³/mol. The maximum absolute atomic E-state index is 13.8. The van der Waals surface area contributed by atoms with E-state index in [-0.39, 0.29) is 60.4 Å². The fourth-order valence-corrected chi connectivity index (χ4v) is 6.01. The molecule has 2 aromatic rings. The van der Waals surface area contributed by atoms with Crippen molar-refractivity contribution < 1.29 is 61.0 Å². The van der Waals surface area contributed by atoms with Gasteiger partial charge < -0.3 is 39.4 Å². The van der Waals surface area contributed by atoms with Crippen LogP contribution in [0.1, 0.15) is 38.5 Å². The molecular weight excluding hydrogens is 680 g/mol. The quantitative estimate of drug-likeness (QED) is 0.124. The number of carbonyl (C=O) groups is 3. The van der Waals surface area contributed by atoms with E-state index in [0.29, 0.717) is 12.8 Å². The van der Waals surface area contributed by atoms with Crippen molar-refractivity contribution in [2.75, 3.05) is 26.4 Å². The summed E-state index contributed by atoms with van der Waals surface area (Å²) in [6, 6.07) is 7.47. The van der Waals surface area contributed by atoms with Gasteiger partial charge in [-0.2, -0.15) is 0 Å². The van der Waals surface area contributed by atoms with Crippen molar-refractivity contribution in [2.45, 2.75) is 55.7 Å². The maximum atomic E-state index is 13.8. The number of halogens is 4. The van der Waals surface area contributed by atoms with E-state index in [1.54, 1.807) is 0 Å². The summed E-state index contributed by atoms with van der Waals surface area (Å²) in [5.41, 5.74) is -1.89. The van der Waals surface area contributed by atoms with Crippen molar-refractivity contribution >= 4 is 49.0 Å². The Bertz CT molecular complexity index is 1490. The highest BCUT2D eigenvalue weighted by Crippen LogP contribution is 2.48. The molecule has 46 heavy (non-hydrogen) atoms. The van der Waals surface area contributed by atoms with E-state index in [1.807, 2.05) is 0 Å². The zero-order valence-corrected chi connectivity index (χ0v) is 26.5. The Kier molecular flexibility index (Phi) is 11.7. The van der Waals surface area contributed by atoms with Gasteiger partial charge in [0.2, 0.25) is 0 Å². The third-order valence-corrected chi connectivity index (χ3v) is 8.75.